The van der Waals surface area contributed by atoms with Crippen molar-refractivity contribution < 1.29 is 14.0 Å². The van der Waals surface area contributed by atoms with Crippen LogP contribution in [0.25, 0.3) is 0 Å². The van der Waals surface area contributed by atoms with E-state index in [1.54, 1.807) is 24.3 Å². The monoisotopic (exact) mass is 459 g/mol. The lowest BCUT2D eigenvalue weighted by Gasteiger charge is -2.14. The summed E-state index contributed by atoms with van der Waals surface area (Å²) in [5, 5.41) is 0. The van der Waals surface area contributed by atoms with Crippen molar-refractivity contribution >= 4 is 50.3 Å². The molecule has 0 aliphatic carbocycles. The molecule has 1 heterocycles. The van der Waals surface area contributed by atoms with E-state index in [0.717, 1.165) is 8.47 Å². The van der Waals surface area contributed by atoms with Gasteiger partial charge in [0.2, 0.25) is 0 Å². The molecule has 0 aromatic heterocycles. The second-order valence-electron chi connectivity index (χ2n) is 4.64. The van der Waals surface area contributed by atoms with Gasteiger partial charge >= 0.3 is 0 Å². The third-order valence-electron chi connectivity index (χ3n) is 3.21. The molecule has 21 heavy (non-hydrogen) atoms. The molecular weight excluding hydrogens is 452 g/mol. The summed E-state index contributed by atoms with van der Waals surface area (Å²) in [7, 11) is 0. The van der Waals surface area contributed by atoms with Gasteiger partial charge < -0.3 is 0 Å². The summed E-state index contributed by atoms with van der Waals surface area (Å²) in [5.74, 6) is -1.08. The molecule has 2 amide bonds. The molecule has 6 heteroatoms. The van der Waals surface area contributed by atoms with Crippen LogP contribution in [0.5, 0.6) is 0 Å². The number of hydrogen-bond donors (Lipinski definition) is 0. The molecule has 0 bridgehead atoms. The van der Waals surface area contributed by atoms with Gasteiger partial charge in [-0.25, -0.2) is 4.39 Å². The third kappa shape index (κ3) is 2.62. The molecule has 3 nitrogen and oxygen atoms in total. The van der Waals surface area contributed by atoms with E-state index in [9.17, 15) is 14.0 Å². The first kappa shape index (κ1) is 14.6. The van der Waals surface area contributed by atoms with Crippen molar-refractivity contribution in [2.75, 3.05) is 0 Å². The van der Waals surface area contributed by atoms with Gasteiger partial charge in [-0.15, -0.1) is 0 Å². The molecular formula is C15H8BrFINO2. The minimum Gasteiger partial charge on any atom is -0.270 e. The first-order valence-corrected chi connectivity index (χ1v) is 7.94. The molecule has 0 radical (unpaired) electrons. The highest BCUT2D eigenvalue weighted by atomic mass is 127. The second kappa shape index (κ2) is 5.49. The Balaban J connectivity index is 1.97. The quantitative estimate of drug-likeness (QED) is 0.503. The zero-order valence-electron chi connectivity index (χ0n) is 10.6. The first-order chi connectivity index (χ1) is 9.97. The number of benzene rings is 2. The molecule has 1 aliphatic heterocycles. The maximum absolute atomic E-state index is 13.4. The van der Waals surface area contributed by atoms with Crippen LogP contribution >= 0.6 is 38.5 Å². The molecule has 0 saturated carbocycles. The SMILES string of the molecule is O=C1c2cccc(I)c2C(=O)N1Cc1cc(F)cc(Br)c1. The van der Waals surface area contributed by atoms with Crippen molar-refractivity contribution in [3.05, 3.63) is 66.9 Å². The van der Waals surface area contributed by atoms with Crippen molar-refractivity contribution in [1.82, 2.24) is 4.90 Å². The van der Waals surface area contributed by atoms with E-state index in [1.807, 2.05) is 22.6 Å². The highest BCUT2D eigenvalue weighted by Crippen LogP contribution is 2.28. The summed E-state index contributed by atoms with van der Waals surface area (Å²) < 4.78 is 14.7. The summed E-state index contributed by atoms with van der Waals surface area (Å²) in [4.78, 5) is 25.9. The van der Waals surface area contributed by atoms with Crippen LogP contribution in [-0.4, -0.2) is 16.7 Å². The standard InChI is InChI=1S/C15H8BrFINO2/c16-9-4-8(5-10(17)6-9)7-19-14(20)11-2-1-3-12(18)13(11)15(19)21/h1-6H,7H2. The molecule has 0 fully saturated rings. The number of hydrogen-bond acceptors (Lipinski definition) is 2. The number of amides is 2. The van der Waals surface area contributed by atoms with E-state index < -0.39 is 5.82 Å². The number of imide groups is 1. The molecule has 0 atom stereocenters. The summed E-state index contributed by atoms with van der Waals surface area (Å²) in [6.07, 6.45) is 0. The van der Waals surface area contributed by atoms with Gasteiger partial charge in [-0.1, -0.05) is 22.0 Å². The fraction of sp³-hybridized carbons (Fsp3) is 0.0667. The van der Waals surface area contributed by atoms with Gasteiger partial charge in [-0.3, -0.25) is 14.5 Å². The van der Waals surface area contributed by atoms with Crippen LogP contribution in [-0.2, 0) is 6.54 Å². The van der Waals surface area contributed by atoms with Crippen molar-refractivity contribution in [2.45, 2.75) is 6.54 Å². The van der Waals surface area contributed by atoms with Gasteiger partial charge in [0.15, 0.2) is 0 Å². The average Bonchev–Trinajstić information content (AvgIpc) is 2.64. The Bertz CT molecular complexity index is 758. The normalized spacial score (nSPS) is 13.8. The lowest BCUT2D eigenvalue weighted by molar-refractivity contribution is 0.0642. The van der Waals surface area contributed by atoms with Crippen molar-refractivity contribution in [2.24, 2.45) is 0 Å². The van der Waals surface area contributed by atoms with E-state index in [1.165, 1.54) is 12.1 Å². The maximum Gasteiger partial charge on any atom is 0.262 e. The number of halogens is 3. The number of nitrogens with zero attached hydrogens (tertiary/aromatic N) is 1. The van der Waals surface area contributed by atoms with Gasteiger partial charge in [0, 0.05) is 8.04 Å². The molecule has 1 aliphatic rings. The van der Waals surface area contributed by atoms with E-state index in [4.69, 9.17) is 0 Å². The predicted octanol–water partition coefficient (Wildman–Crippen LogP) is 3.99. The molecule has 0 unspecified atom stereocenters. The summed E-state index contributed by atoms with van der Waals surface area (Å²) >= 11 is 5.24. The molecule has 0 N–H and O–H groups in total. The number of carbonyl (C=O) groups excluding carboxylic acids is 2. The van der Waals surface area contributed by atoms with E-state index in [0.29, 0.717) is 21.2 Å². The van der Waals surface area contributed by atoms with Gasteiger partial charge in [0.05, 0.1) is 17.7 Å². The number of carbonyl (C=O) groups is 2. The maximum atomic E-state index is 13.4. The van der Waals surface area contributed by atoms with Gasteiger partial charge in [-0.05, 0) is 58.5 Å². The van der Waals surface area contributed by atoms with Gasteiger partial charge in [-0.2, -0.15) is 0 Å². The summed E-state index contributed by atoms with van der Waals surface area (Å²) in [6.45, 7) is 0.0544. The third-order valence-corrected chi connectivity index (χ3v) is 4.57. The van der Waals surface area contributed by atoms with Crippen LogP contribution in [0.2, 0.25) is 0 Å². The lowest BCUT2D eigenvalue weighted by Crippen LogP contribution is -2.29. The average molecular weight is 460 g/mol. The molecule has 106 valence electrons. The van der Waals surface area contributed by atoms with Crippen LogP contribution in [0.3, 0.4) is 0 Å². The summed E-state index contributed by atoms with van der Waals surface area (Å²) in [6, 6.07) is 9.51. The largest absolute Gasteiger partial charge is 0.270 e. The van der Waals surface area contributed by atoms with Crippen LogP contribution in [0.15, 0.2) is 40.9 Å². The predicted molar refractivity (Wildman–Crippen MR) is 87.5 cm³/mol. The van der Waals surface area contributed by atoms with Crippen molar-refractivity contribution in [3.8, 4) is 0 Å². The van der Waals surface area contributed by atoms with Crippen LogP contribution in [0, 0.1) is 9.39 Å². The van der Waals surface area contributed by atoms with E-state index >= 15 is 0 Å². The lowest BCUT2D eigenvalue weighted by atomic mass is 10.1. The van der Waals surface area contributed by atoms with Crippen molar-refractivity contribution in [1.29, 1.82) is 0 Å². The second-order valence-corrected chi connectivity index (χ2v) is 6.71. The Morgan fingerprint density at radius 1 is 1.14 bits per heavy atom. The van der Waals surface area contributed by atoms with Crippen LogP contribution in [0.4, 0.5) is 4.39 Å². The molecule has 0 saturated heterocycles. The fourth-order valence-corrected chi connectivity index (χ4v) is 3.56. The minimum atomic E-state index is -0.412. The van der Waals surface area contributed by atoms with Gasteiger partial charge in [0.1, 0.15) is 5.82 Å². The number of rotatable bonds is 2. The highest BCUT2D eigenvalue weighted by molar-refractivity contribution is 14.1. The van der Waals surface area contributed by atoms with E-state index in [2.05, 4.69) is 15.9 Å². The summed E-state index contributed by atoms with van der Waals surface area (Å²) in [5.41, 5.74) is 1.40. The number of fused-ring (bicyclic) bond motifs is 1. The topological polar surface area (TPSA) is 37.4 Å². The Labute approximate surface area is 142 Å². The fourth-order valence-electron chi connectivity index (χ4n) is 2.32. The zero-order valence-corrected chi connectivity index (χ0v) is 14.3. The first-order valence-electron chi connectivity index (χ1n) is 6.07. The van der Waals surface area contributed by atoms with Crippen LogP contribution < -0.4 is 0 Å². The zero-order chi connectivity index (χ0) is 15.1. The minimum absolute atomic E-state index is 0.0544. The smallest absolute Gasteiger partial charge is 0.262 e. The van der Waals surface area contributed by atoms with Gasteiger partial charge in [0.25, 0.3) is 11.8 Å². The molecule has 2 aromatic carbocycles. The van der Waals surface area contributed by atoms with E-state index in [-0.39, 0.29) is 18.4 Å². The molecule has 3 rings (SSSR count). The van der Waals surface area contributed by atoms with Crippen LogP contribution in [0.1, 0.15) is 26.3 Å². The Hall–Kier alpha value is -1.28. The highest BCUT2D eigenvalue weighted by Gasteiger charge is 2.36. The van der Waals surface area contributed by atoms with Crippen molar-refractivity contribution in [3.63, 3.8) is 0 Å². The Morgan fingerprint density at radius 3 is 2.57 bits per heavy atom. The Kier molecular flexibility index (Phi) is 3.83. The molecule has 0 spiro atoms. The Morgan fingerprint density at radius 2 is 1.90 bits per heavy atom. The molecule has 2 aromatic rings.